The number of aryl methyl sites for hydroxylation is 1. The molecular weight excluding hydrogens is 412 g/mol. The lowest BCUT2D eigenvalue weighted by Crippen LogP contribution is -2.36. The van der Waals surface area contributed by atoms with Gasteiger partial charge < -0.3 is 14.8 Å². The number of hydrogen-bond donors (Lipinski definition) is 2. The van der Waals surface area contributed by atoms with Crippen molar-refractivity contribution in [1.82, 2.24) is 24.2 Å². The Morgan fingerprint density at radius 1 is 1.42 bits per heavy atom. The number of anilines is 2. The van der Waals surface area contributed by atoms with Crippen molar-refractivity contribution in [2.45, 2.75) is 32.2 Å². The van der Waals surface area contributed by atoms with Crippen molar-refractivity contribution < 1.29 is 4.79 Å². The summed E-state index contributed by atoms with van der Waals surface area (Å²) in [6.45, 7) is 3.50. The normalized spacial score (nSPS) is 22.5. The smallest absolute Gasteiger partial charge is 0.323 e. The molecule has 3 aromatic rings. The van der Waals surface area contributed by atoms with Crippen molar-refractivity contribution in [2.24, 2.45) is 11.8 Å². The molecule has 2 amide bonds. The van der Waals surface area contributed by atoms with Crippen LogP contribution in [0.4, 0.5) is 15.6 Å². The summed E-state index contributed by atoms with van der Waals surface area (Å²) in [4.78, 5) is 28.6. The maximum Gasteiger partial charge on any atom is 0.323 e. The van der Waals surface area contributed by atoms with Crippen molar-refractivity contribution in [3.05, 3.63) is 29.8 Å². The van der Waals surface area contributed by atoms with Crippen LogP contribution in [0.25, 0.3) is 11.0 Å². The molecule has 1 aliphatic carbocycles. The fourth-order valence-corrected chi connectivity index (χ4v) is 5.65. The van der Waals surface area contributed by atoms with Crippen LogP contribution in [0.15, 0.2) is 18.5 Å². The summed E-state index contributed by atoms with van der Waals surface area (Å²) in [5.41, 5.74) is 2.33. The molecule has 1 saturated carbocycles. The minimum absolute atomic E-state index is 0.0898. The second kappa shape index (κ2) is 7.81. The average Bonchev–Trinajstić information content (AvgIpc) is 3.54. The van der Waals surface area contributed by atoms with Crippen LogP contribution in [0.5, 0.6) is 0 Å². The highest BCUT2D eigenvalue weighted by Crippen LogP contribution is 2.42. The van der Waals surface area contributed by atoms with Crippen LogP contribution in [-0.4, -0.2) is 56.4 Å². The van der Waals surface area contributed by atoms with Gasteiger partial charge in [0.05, 0.1) is 11.3 Å². The first-order valence-electron chi connectivity index (χ1n) is 10.5. The number of urea groups is 1. The zero-order chi connectivity index (χ0) is 21.5. The van der Waals surface area contributed by atoms with Crippen molar-refractivity contribution in [1.29, 1.82) is 5.26 Å². The van der Waals surface area contributed by atoms with E-state index >= 15 is 0 Å². The van der Waals surface area contributed by atoms with Gasteiger partial charge in [0.25, 0.3) is 0 Å². The molecule has 0 spiro atoms. The number of amides is 2. The minimum Gasteiger partial charge on any atom is -0.370 e. The molecule has 160 valence electrons. The predicted octanol–water partition coefficient (Wildman–Crippen LogP) is 3.23. The second-order valence-electron chi connectivity index (χ2n) is 8.33. The third-order valence-corrected chi connectivity index (χ3v) is 7.26. The number of aromatic amines is 1. The number of carbonyl (C=O) groups is 1. The highest BCUT2D eigenvalue weighted by Gasteiger charge is 2.44. The van der Waals surface area contributed by atoms with Gasteiger partial charge in [-0.25, -0.2) is 14.8 Å². The molecule has 2 unspecified atom stereocenters. The maximum absolute atomic E-state index is 12.7. The highest BCUT2D eigenvalue weighted by molar-refractivity contribution is 7.09. The molecule has 1 aliphatic heterocycles. The van der Waals surface area contributed by atoms with Gasteiger partial charge in [-0.1, -0.05) is 6.92 Å². The number of nitriles is 1. The summed E-state index contributed by atoms with van der Waals surface area (Å²) >= 11 is 1.23. The number of H-pyrrole nitrogens is 1. The molecule has 0 radical (unpaired) electrons. The van der Waals surface area contributed by atoms with Crippen LogP contribution < -0.4 is 10.2 Å². The average molecular weight is 437 g/mol. The van der Waals surface area contributed by atoms with E-state index in [9.17, 15) is 10.1 Å². The first-order valence-corrected chi connectivity index (χ1v) is 11.3. The Labute approximate surface area is 184 Å². The third kappa shape index (κ3) is 3.49. The fraction of sp³-hybridized carbons (Fsp3) is 0.476. The zero-order valence-corrected chi connectivity index (χ0v) is 18.3. The van der Waals surface area contributed by atoms with Crippen LogP contribution in [0.3, 0.4) is 0 Å². The summed E-state index contributed by atoms with van der Waals surface area (Å²) in [6.07, 6.45) is 6.27. The van der Waals surface area contributed by atoms with E-state index in [0.29, 0.717) is 28.6 Å². The summed E-state index contributed by atoms with van der Waals surface area (Å²) in [5, 5.41) is 14.0. The van der Waals surface area contributed by atoms with Crippen molar-refractivity contribution in [3.63, 3.8) is 0 Å². The maximum atomic E-state index is 12.7. The fourth-order valence-electron chi connectivity index (χ4n) is 5.01. The summed E-state index contributed by atoms with van der Waals surface area (Å²) in [7, 11) is 2.07. The van der Waals surface area contributed by atoms with Gasteiger partial charge >= 0.3 is 6.03 Å². The molecule has 1 saturated heterocycles. The lowest BCUT2D eigenvalue weighted by atomic mass is 10.0. The van der Waals surface area contributed by atoms with Gasteiger partial charge in [-0.3, -0.25) is 5.32 Å². The Hall–Kier alpha value is -3.19. The predicted molar refractivity (Wildman–Crippen MR) is 119 cm³/mol. The van der Waals surface area contributed by atoms with Crippen LogP contribution in [0.1, 0.15) is 31.2 Å². The highest BCUT2D eigenvalue weighted by atomic mass is 32.1. The first kappa shape index (κ1) is 19.8. The van der Waals surface area contributed by atoms with E-state index in [0.717, 1.165) is 54.9 Å². The summed E-state index contributed by atoms with van der Waals surface area (Å²) < 4.78 is 4.22. The topological polar surface area (TPSA) is 114 Å². The molecule has 5 rings (SSSR count). The number of rotatable bonds is 4. The third-order valence-electron chi connectivity index (χ3n) is 6.59. The Balaban J connectivity index is 1.26. The Kier molecular flexibility index (Phi) is 4.98. The number of aromatic nitrogens is 4. The second-order valence-corrected chi connectivity index (χ2v) is 9.08. The lowest BCUT2D eigenvalue weighted by Gasteiger charge is -2.29. The molecular formula is C21H24N8OS. The van der Waals surface area contributed by atoms with Crippen molar-refractivity contribution in [2.75, 3.05) is 30.4 Å². The standard InChI is InChI=1S/C21H24N8OS/c1-3-17-25-20(31-27-17)26-21(30)29-10-12-6-15(7-13(12)11-29)28(2)18-14(8-22)9-24-19-16(18)4-5-23-19/h4-5,9,12-13,15H,3,6-7,10-11H2,1-2H3,(H,23,24)(H,25,26,27,30). The molecule has 9 nitrogen and oxygen atoms in total. The molecule has 10 heteroatoms. The van der Waals surface area contributed by atoms with Crippen LogP contribution in [0, 0.1) is 23.2 Å². The SMILES string of the molecule is CCc1nsc(NC(=O)N2CC3CC(N(C)c4c(C#N)cnc5[nH]ccc45)CC3C2)n1. The monoisotopic (exact) mass is 436 g/mol. The number of pyridine rings is 1. The lowest BCUT2D eigenvalue weighted by molar-refractivity contribution is 0.218. The Morgan fingerprint density at radius 3 is 2.87 bits per heavy atom. The van der Waals surface area contributed by atoms with Crippen LogP contribution in [-0.2, 0) is 6.42 Å². The number of hydrogen-bond acceptors (Lipinski definition) is 7. The van der Waals surface area contributed by atoms with Gasteiger partial charge in [0.1, 0.15) is 17.5 Å². The van der Waals surface area contributed by atoms with Gasteiger partial charge in [0, 0.05) is 61.9 Å². The molecule has 2 N–H and O–H groups in total. The Bertz CT molecular complexity index is 1150. The minimum atomic E-state index is -0.0898. The molecule has 0 aromatic carbocycles. The Morgan fingerprint density at radius 2 is 2.19 bits per heavy atom. The van der Waals surface area contributed by atoms with E-state index in [1.165, 1.54) is 11.5 Å². The molecule has 0 bridgehead atoms. The van der Waals surface area contributed by atoms with Gasteiger partial charge in [-0.2, -0.15) is 9.64 Å². The van der Waals surface area contributed by atoms with Gasteiger partial charge in [-0.15, -0.1) is 0 Å². The van der Waals surface area contributed by atoms with Crippen LogP contribution >= 0.6 is 11.5 Å². The number of fused-ring (bicyclic) bond motifs is 2. The largest absolute Gasteiger partial charge is 0.370 e. The molecule has 31 heavy (non-hydrogen) atoms. The number of likely N-dealkylation sites (tertiary alicyclic amines) is 1. The van der Waals surface area contributed by atoms with Gasteiger partial charge in [0.2, 0.25) is 5.13 Å². The van der Waals surface area contributed by atoms with Crippen LogP contribution in [0.2, 0.25) is 0 Å². The van der Waals surface area contributed by atoms with E-state index in [1.54, 1.807) is 6.20 Å². The molecule has 2 atom stereocenters. The molecule has 2 fully saturated rings. The van der Waals surface area contributed by atoms with E-state index < -0.39 is 0 Å². The van der Waals surface area contributed by atoms with E-state index in [-0.39, 0.29) is 6.03 Å². The van der Waals surface area contributed by atoms with Gasteiger partial charge in [0.15, 0.2) is 0 Å². The van der Waals surface area contributed by atoms with E-state index in [2.05, 4.69) is 42.7 Å². The first-order chi connectivity index (χ1) is 15.1. The number of carbonyl (C=O) groups excluding carboxylic acids is 1. The van der Waals surface area contributed by atoms with E-state index in [4.69, 9.17) is 0 Å². The zero-order valence-electron chi connectivity index (χ0n) is 17.5. The molecule has 4 heterocycles. The van der Waals surface area contributed by atoms with Gasteiger partial charge in [-0.05, 0) is 30.7 Å². The van der Waals surface area contributed by atoms with Crippen molar-refractivity contribution in [3.8, 4) is 6.07 Å². The van der Waals surface area contributed by atoms with Crippen molar-refractivity contribution >= 4 is 39.4 Å². The molecule has 3 aromatic heterocycles. The summed E-state index contributed by atoms with van der Waals surface area (Å²) in [5.74, 6) is 1.69. The summed E-state index contributed by atoms with van der Waals surface area (Å²) in [6, 6.07) is 4.52. The van der Waals surface area contributed by atoms with E-state index in [1.807, 2.05) is 24.1 Å². The quantitative estimate of drug-likeness (QED) is 0.649. The molecule has 2 aliphatic rings. The number of nitrogens with zero attached hydrogens (tertiary/aromatic N) is 6. The number of nitrogens with one attached hydrogen (secondary N) is 2.